The summed E-state index contributed by atoms with van der Waals surface area (Å²) in [5, 5.41) is 2.85. The molecule has 0 aliphatic rings. The Morgan fingerprint density at radius 2 is 1.32 bits per heavy atom. The van der Waals surface area contributed by atoms with Gasteiger partial charge in [0.2, 0.25) is 5.91 Å². The SMILES string of the molecule is O=C(CN(c1ccc(Oc2ccccc2)cc1)S(=O)(=O)c1ccccc1)NCCSCc1ccccc1. The molecule has 0 unspecified atom stereocenters. The first kappa shape index (κ1) is 26.3. The highest BCUT2D eigenvalue weighted by molar-refractivity contribution is 7.98. The maximum Gasteiger partial charge on any atom is 0.264 e. The second kappa shape index (κ2) is 13.0. The Balaban J connectivity index is 1.43. The Morgan fingerprint density at radius 1 is 0.757 bits per heavy atom. The number of thioether (sulfide) groups is 1. The highest BCUT2D eigenvalue weighted by atomic mass is 32.2. The van der Waals surface area contributed by atoms with E-state index in [9.17, 15) is 13.2 Å². The third-order valence-electron chi connectivity index (χ3n) is 5.40. The van der Waals surface area contributed by atoms with Crippen LogP contribution in [0.2, 0.25) is 0 Å². The van der Waals surface area contributed by atoms with Crippen LogP contribution in [0.3, 0.4) is 0 Å². The minimum absolute atomic E-state index is 0.117. The molecule has 1 N–H and O–H groups in total. The van der Waals surface area contributed by atoms with Crippen LogP contribution in [0.4, 0.5) is 5.69 Å². The average molecular weight is 533 g/mol. The molecule has 8 heteroatoms. The molecule has 190 valence electrons. The number of nitrogens with zero attached hydrogens (tertiary/aromatic N) is 1. The maximum absolute atomic E-state index is 13.5. The largest absolute Gasteiger partial charge is 0.457 e. The molecule has 0 fully saturated rings. The lowest BCUT2D eigenvalue weighted by Crippen LogP contribution is -2.41. The highest BCUT2D eigenvalue weighted by Crippen LogP contribution is 2.28. The molecule has 6 nitrogen and oxygen atoms in total. The van der Waals surface area contributed by atoms with Crippen molar-refractivity contribution in [1.82, 2.24) is 5.32 Å². The molecule has 0 saturated carbocycles. The Morgan fingerprint density at radius 3 is 1.97 bits per heavy atom. The number of carbonyl (C=O) groups excluding carboxylic acids is 1. The van der Waals surface area contributed by atoms with Gasteiger partial charge in [0, 0.05) is 18.1 Å². The van der Waals surface area contributed by atoms with Crippen molar-refractivity contribution < 1.29 is 17.9 Å². The number of hydrogen-bond donors (Lipinski definition) is 1. The molecule has 1 amide bonds. The molecule has 0 aliphatic carbocycles. The van der Waals surface area contributed by atoms with E-state index >= 15 is 0 Å². The fourth-order valence-electron chi connectivity index (χ4n) is 3.55. The molecule has 4 aromatic carbocycles. The summed E-state index contributed by atoms with van der Waals surface area (Å²) >= 11 is 1.71. The molecule has 37 heavy (non-hydrogen) atoms. The van der Waals surface area contributed by atoms with Crippen LogP contribution in [0.1, 0.15) is 5.56 Å². The van der Waals surface area contributed by atoms with E-state index in [0.717, 1.165) is 15.8 Å². The summed E-state index contributed by atoms with van der Waals surface area (Å²) in [7, 11) is -3.97. The summed E-state index contributed by atoms with van der Waals surface area (Å²) in [6.07, 6.45) is 0. The molecule has 0 aliphatic heterocycles. The van der Waals surface area contributed by atoms with Gasteiger partial charge in [-0.05, 0) is 54.1 Å². The molecule has 4 rings (SSSR count). The van der Waals surface area contributed by atoms with Gasteiger partial charge >= 0.3 is 0 Å². The molecular weight excluding hydrogens is 504 g/mol. The average Bonchev–Trinajstić information content (AvgIpc) is 2.94. The molecule has 0 aromatic heterocycles. The van der Waals surface area contributed by atoms with Crippen molar-refractivity contribution in [3.05, 3.63) is 121 Å². The molecule has 4 aromatic rings. The second-order valence-corrected chi connectivity index (χ2v) is 11.1. The van der Waals surface area contributed by atoms with E-state index < -0.39 is 10.0 Å². The van der Waals surface area contributed by atoms with Gasteiger partial charge in [-0.2, -0.15) is 11.8 Å². The van der Waals surface area contributed by atoms with Gasteiger partial charge in [0.15, 0.2) is 0 Å². The van der Waals surface area contributed by atoms with Crippen molar-refractivity contribution >= 4 is 33.4 Å². The fourth-order valence-corrected chi connectivity index (χ4v) is 5.81. The van der Waals surface area contributed by atoms with Crippen LogP contribution in [-0.2, 0) is 20.6 Å². The molecular formula is C29H28N2O4S2. The lowest BCUT2D eigenvalue weighted by atomic mass is 10.2. The zero-order valence-corrected chi connectivity index (χ0v) is 21.8. The van der Waals surface area contributed by atoms with Crippen LogP contribution in [0.25, 0.3) is 0 Å². The van der Waals surface area contributed by atoms with E-state index in [2.05, 4.69) is 17.4 Å². The fraction of sp³-hybridized carbons (Fsp3) is 0.138. The van der Waals surface area contributed by atoms with Crippen LogP contribution in [-0.4, -0.2) is 33.2 Å². The van der Waals surface area contributed by atoms with E-state index in [1.165, 1.54) is 17.7 Å². The number of sulfonamides is 1. The quantitative estimate of drug-likeness (QED) is 0.236. The number of hydrogen-bond acceptors (Lipinski definition) is 5. The zero-order chi connectivity index (χ0) is 25.9. The standard InChI is InChI=1S/C29H28N2O4S2/c32-29(30-20-21-36-23-24-10-4-1-5-11-24)22-31(37(33,34)28-14-8-3-9-15-28)25-16-18-27(19-17-25)35-26-12-6-2-7-13-26/h1-19H,20-23H2,(H,30,32). The summed E-state index contributed by atoms with van der Waals surface area (Å²) in [5.74, 6) is 2.44. The summed E-state index contributed by atoms with van der Waals surface area (Å²) in [5.41, 5.74) is 1.59. The van der Waals surface area contributed by atoms with Gasteiger partial charge in [-0.1, -0.05) is 66.7 Å². The number of rotatable bonds is 12. The Hall–Kier alpha value is -3.75. The monoisotopic (exact) mass is 532 g/mol. The van der Waals surface area contributed by atoms with Gasteiger partial charge in [0.05, 0.1) is 10.6 Å². The van der Waals surface area contributed by atoms with Crippen LogP contribution in [0.5, 0.6) is 11.5 Å². The van der Waals surface area contributed by atoms with Gasteiger partial charge in [0.25, 0.3) is 10.0 Å². The first-order chi connectivity index (χ1) is 18.0. The lowest BCUT2D eigenvalue weighted by Gasteiger charge is -2.24. The van der Waals surface area contributed by atoms with Crippen LogP contribution in [0, 0.1) is 0 Å². The van der Waals surface area contributed by atoms with Gasteiger partial charge in [-0.15, -0.1) is 0 Å². The van der Waals surface area contributed by atoms with E-state index in [1.807, 2.05) is 48.5 Å². The number of nitrogens with one attached hydrogen (secondary N) is 1. The van der Waals surface area contributed by atoms with E-state index in [-0.39, 0.29) is 17.3 Å². The van der Waals surface area contributed by atoms with Crippen molar-refractivity contribution in [2.45, 2.75) is 10.6 Å². The number of benzene rings is 4. The number of para-hydroxylation sites is 1. The molecule has 0 atom stereocenters. The smallest absolute Gasteiger partial charge is 0.264 e. The number of amides is 1. The Labute approximate surface area is 222 Å². The van der Waals surface area contributed by atoms with Gasteiger partial charge in [-0.25, -0.2) is 8.42 Å². The van der Waals surface area contributed by atoms with Crippen molar-refractivity contribution in [3.8, 4) is 11.5 Å². The van der Waals surface area contributed by atoms with Crippen molar-refractivity contribution in [2.75, 3.05) is 23.1 Å². The summed E-state index contributed by atoms with van der Waals surface area (Å²) in [6, 6.07) is 34.2. The minimum Gasteiger partial charge on any atom is -0.457 e. The minimum atomic E-state index is -3.97. The topological polar surface area (TPSA) is 75.7 Å². The predicted molar refractivity (Wildman–Crippen MR) is 150 cm³/mol. The van der Waals surface area contributed by atoms with Crippen LogP contribution >= 0.6 is 11.8 Å². The van der Waals surface area contributed by atoms with Gasteiger partial charge in [-0.3, -0.25) is 9.10 Å². The molecule has 0 saturated heterocycles. The normalized spacial score (nSPS) is 11.0. The second-order valence-electron chi connectivity index (χ2n) is 8.12. The third kappa shape index (κ3) is 7.62. The highest BCUT2D eigenvalue weighted by Gasteiger charge is 2.27. The van der Waals surface area contributed by atoms with E-state index in [1.54, 1.807) is 54.2 Å². The van der Waals surface area contributed by atoms with Crippen molar-refractivity contribution in [1.29, 1.82) is 0 Å². The number of anilines is 1. The van der Waals surface area contributed by atoms with Crippen molar-refractivity contribution in [2.24, 2.45) is 0 Å². The lowest BCUT2D eigenvalue weighted by molar-refractivity contribution is -0.119. The first-order valence-electron chi connectivity index (χ1n) is 11.8. The molecule has 0 spiro atoms. The molecule has 0 bridgehead atoms. The van der Waals surface area contributed by atoms with Crippen LogP contribution in [0.15, 0.2) is 120 Å². The van der Waals surface area contributed by atoms with E-state index in [4.69, 9.17) is 4.74 Å². The molecule has 0 radical (unpaired) electrons. The first-order valence-corrected chi connectivity index (χ1v) is 14.4. The number of ether oxygens (including phenoxy) is 1. The van der Waals surface area contributed by atoms with E-state index in [0.29, 0.717) is 23.7 Å². The van der Waals surface area contributed by atoms with Gasteiger partial charge in [0.1, 0.15) is 18.0 Å². The Bertz CT molecular complexity index is 1370. The summed E-state index contributed by atoms with van der Waals surface area (Å²) in [4.78, 5) is 12.9. The van der Waals surface area contributed by atoms with Crippen LogP contribution < -0.4 is 14.4 Å². The Kier molecular flexibility index (Phi) is 9.24. The molecule has 0 heterocycles. The maximum atomic E-state index is 13.5. The van der Waals surface area contributed by atoms with Gasteiger partial charge < -0.3 is 10.1 Å². The predicted octanol–water partition coefficient (Wildman–Crippen LogP) is 5.72. The summed E-state index contributed by atoms with van der Waals surface area (Å²) < 4.78 is 33.9. The number of carbonyl (C=O) groups is 1. The zero-order valence-electron chi connectivity index (χ0n) is 20.2. The third-order valence-corrected chi connectivity index (χ3v) is 8.22. The summed E-state index contributed by atoms with van der Waals surface area (Å²) in [6.45, 7) is 0.110. The van der Waals surface area contributed by atoms with Crippen molar-refractivity contribution in [3.63, 3.8) is 0 Å².